The first-order valence-electron chi connectivity index (χ1n) is 11.3. The number of carbonyl (C=O) groups is 1. The highest BCUT2D eigenvalue weighted by Crippen LogP contribution is 2.39. The van der Waals surface area contributed by atoms with Gasteiger partial charge in [-0.05, 0) is 76.1 Å². The van der Waals surface area contributed by atoms with Gasteiger partial charge in [-0.2, -0.15) is 0 Å². The molecule has 2 N–H and O–H groups in total. The molecule has 36 heavy (non-hydrogen) atoms. The van der Waals surface area contributed by atoms with E-state index in [1.54, 1.807) is 20.8 Å². The van der Waals surface area contributed by atoms with Gasteiger partial charge in [-0.3, -0.25) is 9.62 Å². The predicted octanol–water partition coefficient (Wildman–Crippen LogP) is 3.21. The lowest BCUT2D eigenvalue weighted by molar-refractivity contribution is 0.0636. The zero-order valence-corrected chi connectivity index (χ0v) is 21.7. The summed E-state index contributed by atoms with van der Waals surface area (Å²) in [6, 6.07) is 8.79. The number of fused-ring (bicyclic) bond motifs is 1. The lowest BCUT2D eigenvalue weighted by Crippen LogP contribution is -2.48. The highest BCUT2D eigenvalue weighted by Gasteiger charge is 2.38. The first-order chi connectivity index (χ1) is 16.7. The lowest BCUT2D eigenvalue weighted by atomic mass is 10.2. The number of sulfonamides is 2. The van der Waals surface area contributed by atoms with E-state index in [9.17, 15) is 26.0 Å². The van der Waals surface area contributed by atoms with E-state index in [1.807, 2.05) is 0 Å². The number of benzene rings is 2. The van der Waals surface area contributed by atoms with Crippen molar-refractivity contribution in [3.8, 4) is 5.75 Å². The topological polar surface area (TPSA) is 131 Å². The summed E-state index contributed by atoms with van der Waals surface area (Å²) in [6.45, 7) is 4.78. The highest BCUT2D eigenvalue weighted by atomic mass is 32.2. The molecule has 2 aliphatic rings. The Bertz CT molecular complexity index is 1350. The van der Waals surface area contributed by atoms with Crippen LogP contribution >= 0.6 is 0 Å². The number of carbonyl (C=O) groups excluding carboxylic acids is 1. The Morgan fingerprint density at radius 3 is 2.39 bits per heavy atom. The average molecular weight is 542 g/mol. The van der Waals surface area contributed by atoms with E-state index < -0.39 is 48.9 Å². The Hall–Kier alpha value is -2.90. The summed E-state index contributed by atoms with van der Waals surface area (Å²) in [4.78, 5) is 12.1. The second-order valence-electron chi connectivity index (χ2n) is 9.63. The lowest BCUT2D eigenvalue weighted by Gasteiger charge is -2.35. The van der Waals surface area contributed by atoms with Crippen LogP contribution in [0.2, 0.25) is 0 Å². The maximum Gasteiger partial charge on any atom is 0.412 e. The minimum Gasteiger partial charge on any atom is -0.485 e. The molecule has 1 aliphatic heterocycles. The number of rotatable bonds is 7. The van der Waals surface area contributed by atoms with Crippen molar-refractivity contribution in [3.05, 3.63) is 48.3 Å². The van der Waals surface area contributed by atoms with Gasteiger partial charge in [0.25, 0.3) is 10.0 Å². The molecule has 1 fully saturated rings. The standard InChI is InChI=1S/C23H28FN3O7S2/c1-23(2,3)34-22(28)26-16-6-11-21-20(12-16)27(36(31,32)19-7-4-15(24)5-8-19)14-17(33-21)13-25-35(29,30)18-9-10-18/h4-8,11-12,17-18,25H,9-10,13-14H2,1-3H3,(H,26,28). The van der Waals surface area contributed by atoms with E-state index in [0.717, 1.165) is 28.6 Å². The van der Waals surface area contributed by atoms with E-state index in [-0.39, 0.29) is 35.1 Å². The number of hydrogen-bond donors (Lipinski definition) is 2. The van der Waals surface area contributed by atoms with E-state index in [0.29, 0.717) is 12.8 Å². The van der Waals surface area contributed by atoms with E-state index in [4.69, 9.17) is 9.47 Å². The molecule has 1 saturated carbocycles. The van der Waals surface area contributed by atoms with Gasteiger partial charge in [0.2, 0.25) is 10.0 Å². The van der Waals surface area contributed by atoms with Crippen molar-refractivity contribution in [2.75, 3.05) is 22.7 Å². The number of nitrogens with zero attached hydrogens (tertiary/aromatic N) is 1. The van der Waals surface area contributed by atoms with Gasteiger partial charge in [0.15, 0.2) is 0 Å². The van der Waals surface area contributed by atoms with Crippen molar-refractivity contribution < 1.29 is 35.5 Å². The normalized spacial score (nSPS) is 18.2. The number of halogens is 1. The average Bonchev–Trinajstić information content (AvgIpc) is 3.62. The van der Waals surface area contributed by atoms with Crippen molar-refractivity contribution in [3.63, 3.8) is 0 Å². The Labute approximate surface area is 209 Å². The molecular formula is C23H28FN3O7S2. The van der Waals surface area contributed by atoms with E-state index >= 15 is 0 Å². The van der Waals surface area contributed by atoms with Gasteiger partial charge in [-0.25, -0.2) is 30.7 Å². The molecule has 0 spiro atoms. The fourth-order valence-electron chi connectivity index (χ4n) is 3.58. The Kier molecular flexibility index (Phi) is 6.92. The Balaban J connectivity index is 1.65. The van der Waals surface area contributed by atoms with Gasteiger partial charge in [-0.1, -0.05) is 0 Å². The molecule has 1 atom stereocenters. The maximum absolute atomic E-state index is 13.5. The molecule has 2 aromatic carbocycles. The number of anilines is 2. The van der Waals surface area contributed by atoms with Crippen LogP contribution in [0.25, 0.3) is 0 Å². The van der Waals surface area contributed by atoms with Crippen LogP contribution in [-0.4, -0.2) is 53.0 Å². The largest absolute Gasteiger partial charge is 0.485 e. The number of amides is 1. The van der Waals surface area contributed by atoms with Crippen molar-refractivity contribution in [2.24, 2.45) is 0 Å². The quantitative estimate of drug-likeness (QED) is 0.550. The molecule has 1 aliphatic carbocycles. The number of ether oxygens (including phenoxy) is 2. The van der Waals surface area contributed by atoms with Crippen LogP contribution in [0.15, 0.2) is 47.4 Å². The number of hydrogen-bond acceptors (Lipinski definition) is 7. The Morgan fingerprint density at radius 1 is 1.11 bits per heavy atom. The van der Waals surface area contributed by atoms with Gasteiger partial charge in [0.05, 0.1) is 22.4 Å². The predicted molar refractivity (Wildman–Crippen MR) is 132 cm³/mol. The third-order valence-corrected chi connectivity index (χ3v) is 9.13. The first kappa shape index (κ1) is 26.2. The van der Waals surface area contributed by atoms with Crippen LogP contribution in [0.5, 0.6) is 5.75 Å². The minimum atomic E-state index is -4.19. The van der Waals surface area contributed by atoms with Crippen molar-refractivity contribution in [2.45, 2.75) is 55.5 Å². The summed E-state index contributed by atoms with van der Waals surface area (Å²) in [6.07, 6.45) is -0.380. The minimum absolute atomic E-state index is 0.133. The van der Waals surface area contributed by atoms with Gasteiger partial charge in [-0.15, -0.1) is 0 Å². The summed E-state index contributed by atoms with van der Waals surface area (Å²) in [7, 11) is -7.70. The van der Waals surface area contributed by atoms with E-state index in [2.05, 4.69) is 10.0 Å². The summed E-state index contributed by atoms with van der Waals surface area (Å²) < 4.78 is 79.8. The maximum atomic E-state index is 13.5. The highest BCUT2D eigenvalue weighted by molar-refractivity contribution is 7.92. The second-order valence-corrected chi connectivity index (χ2v) is 13.5. The third kappa shape index (κ3) is 6.08. The molecule has 1 heterocycles. The van der Waals surface area contributed by atoms with Gasteiger partial charge in [0, 0.05) is 12.2 Å². The summed E-state index contributed by atoms with van der Waals surface area (Å²) >= 11 is 0. The molecule has 1 amide bonds. The van der Waals surface area contributed by atoms with Crippen LogP contribution in [0.4, 0.5) is 20.6 Å². The summed E-state index contributed by atoms with van der Waals surface area (Å²) in [5.74, 6) is -0.412. The molecule has 13 heteroatoms. The second kappa shape index (κ2) is 9.52. The fraction of sp³-hybridized carbons (Fsp3) is 0.435. The molecular weight excluding hydrogens is 513 g/mol. The van der Waals surface area contributed by atoms with Crippen LogP contribution < -0.4 is 19.1 Å². The SMILES string of the molecule is CC(C)(C)OC(=O)Nc1ccc2c(c1)N(S(=O)(=O)c1ccc(F)cc1)CC(CNS(=O)(=O)C1CC1)O2. The van der Waals surface area contributed by atoms with Gasteiger partial charge < -0.3 is 9.47 Å². The monoisotopic (exact) mass is 541 g/mol. The zero-order valence-electron chi connectivity index (χ0n) is 20.0. The Morgan fingerprint density at radius 2 is 1.78 bits per heavy atom. The first-order valence-corrected chi connectivity index (χ1v) is 14.3. The fourth-order valence-corrected chi connectivity index (χ4v) is 6.49. The van der Waals surface area contributed by atoms with Crippen LogP contribution in [0, 0.1) is 5.82 Å². The van der Waals surface area contributed by atoms with Crippen molar-refractivity contribution >= 4 is 37.5 Å². The molecule has 2 aromatic rings. The molecule has 0 aromatic heterocycles. The van der Waals surface area contributed by atoms with Crippen molar-refractivity contribution in [1.82, 2.24) is 4.72 Å². The smallest absolute Gasteiger partial charge is 0.412 e. The summed E-state index contributed by atoms with van der Waals surface area (Å²) in [5, 5.41) is 2.13. The molecule has 196 valence electrons. The van der Waals surface area contributed by atoms with Crippen LogP contribution in [0.1, 0.15) is 33.6 Å². The summed E-state index contributed by atoms with van der Waals surface area (Å²) in [5.41, 5.74) is -0.339. The third-order valence-electron chi connectivity index (χ3n) is 5.41. The molecule has 0 radical (unpaired) electrons. The van der Waals surface area contributed by atoms with Crippen molar-refractivity contribution in [1.29, 1.82) is 0 Å². The molecule has 10 nitrogen and oxygen atoms in total. The zero-order chi connectivity index (χ0) is 26.3. The van der Waals surface area contributed by atoms with Gasteiger partial charge >= 0.3 is 6.09 Å². The molecule has 4 rings (SSSR count). The molecule has 1 unspecified atom stereocenters. The van der Waals surface area contributed by atoms with E-state index in [1.165, 1.54) is 18.2 Å². The molecule has 0 bridgehead atoms. The molecule has 0 saturated heterocycles. The van der Waals surface area contributed by atoms with Crippen LogP contribution in [-0.2, 0) is 24.8 Å². The van der Waals surface area contributed by atoms with Gasteiger partial charge in [0.1, 0.15) is 23.3 Å². The number of nitrogens with one attached hydrogen (secondary N) is 2. The van der Waals surface area contributed by atoms with Crippen LogP contribution in [0.3, 0.4) is 0 Å².